The molecule has 1 rings (SSSR count). The molecule has 0 spiro atoms. The number of carbonyl (C=O) groups excluding carboxylic acids is 2. The van der Waals surface area contributed by atoms with E-state index in [-0.39, 0.29) is 23.9 Å². The SMILES string of the molecule is CCOC(=O)CCN/C=C(/C#N)C(=O)N1CCOCC1. The minimum absolute atomic E-state index is 0.0239. The number of nitriles is 1. The Balaban J connectivity index is 2.40. The van der Waals surface area contributed by atoms with Crippen molar-refractivity contribution in [1.29, 1.82) is 5.26 Å². The van der Waals surface area contributed by atoms with Gasteiger partial charge in [0.15, 0.2) is 0 Å². The standard InChI is InChI=1S/C13H19N3O4/c1-2-20-12(17)3-4-15-10-11(9-14)13(18)16-5-7-19-8-6-16/h10,15H,2-8H2,1H3/b11-10-. The first-order valence-corrected chi connectivity index (χ1v) is 6.55. The average Bonchev–Trinajstić information content (AvgIpc) is 2.48. The summed E-state index contributed by atoms with van der Waals surface area (Å²) in [5.74, 6) is -0.633. The fourth-order valence-corrected chi connectivity index (χ4v) is 1.66. The number of nitrogens with one attached hydrogen (secondary N) is 1. The van der Waals surface area contributed by atoms with Gasteiger partial charge in [0.2, 0.25) is 0 Å². The lowest BCUT2D eigenvalue weighted by atomic mass is 10.2. The first-order chi connectivity index (χ1) is 9.69. The molecular formula is C13H19N3O4. The zero-order valence-corrected chi connectivity index (χ0v) is 11.6. The lowest BCUT2D eigenvalue weighted by Crippen LogP contribution is -2.41. The van der Waals surface area contributed by atoms with E-state index in [1.54, 1.807) is 11.8 Å². The number of esters is 1. The molecule has 1 N–H and O–H groups in total. The Morgan fingerprint density at radius 3 is 2.75 bits per heavy atom. The third-order valence-electron chi connectivity index (χ3n) is 2.67. The van der Waals surface area contributed by atoms with Crippen molar-refractivity contribution in [2.45, 2.75) is 13.3 Å². The Morgan fingerprint density at radius 1 is 1.45 bits per heavy atom. The summed E-state index contributed by atoms with van der Waals surface area (Å²) in [5.41, 5.74) is 0.0239. The first kappa shape index (κ1) is 16.0. The van der Waals surface area contributed by atoms with E-state index >= 15 is 0 Å². The maximum Gasteiger partial charge on any atom is 0.307 e. The van der Waals surface area contributed by atoms with E-state index in [1.165, 1.54) is 6.20 Å². The maximum atomic E-state index is 12.0. The van der Waals surface area contributed by atoms with Crippen LogP contribution in [0.2, 0.25) is 0 Å². The molecule has 0 atom stereocenters. The number of nitrogens with zero attached hydrogens (tertiary/aromatic N) is 2. The van der Waals surface area contributed by atoms with Gasteiger partial charge in [-0.3, -0.25) is 9.59 Å². The summed E-state index contributed by atoms with van der Waals surface area (Å²) in [4.78, 5) is 24.7. The summed E-state index contributed by atoms with van der Waals surface area (Å²) < 4.78 is 9.91. The van der Waals surface area contributed by atoms with Crippen LogP contribution in [-0.2, 0) is 19.1 Å². The Bertz CT molecular complexity index is 408. The molecule has 1 saturated heterocycles. The van der Waals surface area contributed by atoms with E-state index in [0.717, 1.165) is 0 Å². The number of amides is 1. The second-order valence-corrected chi connectivity index (χ2v) is 4.08. The van der Waals surface area contributed by atoms with Crippen LogP contribution < -0.4 is 5.32 Å². The Labute approximate surface area is 118 Å². The molecule has 0 aromatic rings. The molecule has 110 valence electrons. The van der Waals surface area contributed by atoms with Crippen LogP contribution >= 0.6 is 0 Å². The quantitative estimate of drug-likeness (QED) is 0.314. The maximum absolute atomic E-state index is 12.0. The van der Waals surface area contributed by atoms with Crippen molar-refractivity contribution in [2.75, 3.05) is 39.5 Å². The molecule has 0 radical (unpaired) electrons. The number of hydrogen-bond acceptors (Lipinski definition) is 6. The fourth-order valence-electron chi connectivity index (χ4n) is 1.66. The lowest BCUT2D eigenvalue weighted by molar-refractivity contribution is -0.142. The molecule has 1 aliphatic heterocycles. The Morgan fingerprint density at radius 2 is 2.15 bits per heavy atom. The smallest absolute Gasteiger partial charge is 0.307 e. The van der Waals surface area contributed by atoms with Gasteiger partial charge in [-0.1, -0.05) is 0 Å². The Hall–Kier alpha value is -2.07. The van der Waals surface area contributed by atoms with Crippen molar-refractivity contribution in [1.82, 2.24) is 10.2 Å². The highest BCUT2D eigenvalue weighted by Crippen LogP contribution is 2.04. The monoisotopic (exact) mass is 281 g/mol. The van der Waals surface area contributed by atoms with Crippen LogP contribution in [-0.4, -0.2) is 56.2 Å². The summed E-state index contributed by atoms with van der Waals surface area (Å²) in [6, 6.07) is 1.86. The van der Waals surface area contributed by atoms with Gasteiger partial charge in [0, 0.05) is 25.8 Å². The van der Waals surface area contributed by atoms with E-state index in [2.05, 4.69) is 5.32 Å². The molecule has 1 fully saturated rings. The highest BCUT2D eigenvalue weighted by atomic mass is 16.5. The van der Waals surface area contributed by atoms with E-state index in [1.807, 2.05) is 6.07 Å². The summed E-state index contributed by atoms with van der Waals surface area (Å²) in [5, 5.41) is 11.8. The minimum Gasteiger partial charge on any atom is -0.466 e. The van der Waals surface area contributed by atoms with E-state index in [9.17, 15) is 9.59 Å². The number of morpholine rings is 1. The van der Waals surface area contributed by atoms with Crippen molar-refractivity contribution in [2.24, 2.45) is 0 Å². The molecule has 0 aromatic heterocycles. The number of ether oxygens (including phenoxy) is 2. The van der Waals surface area contributed by atoms with E-state index < -0.39 is 0 Å². The van der Waals surface area contributed by atoms with Crippen molar-refractivity contribution in [3.05, 3.63) is 11.8 Å². The third-order valence-corrected chi connectivity index (χ3v) is 2.67. The van der Waals surface area contributed by atoms with Crippen molar-refractivity contribution in [3.8, 4) is 6.07 Å². The minimum atomic E-state index is -0.320. The second-order valence-electron chi connectivity index (χ2n) is 4.08. The predicted molar refractivity (Wildman–Crippen MR) is 70.3 cm³/mol. The van der Waals surface area contributed by atoms with E-state index in [4.69, 9.17) is 14.7 Å². The van der Waals surface area contributed by atoms with Gasteiger partial charge in [-0.15, -0.1) is 0 Å². The van der Waals surface area contributed by atoms with Crippen LogP contribution in [0.1, 0.15) is 13.3 Å². The molecule has 20 heavy (non-hydrogen) atoms. The average molecular weight is 281 g/mol. The molecule has 1 aliphatic rings. The van der Waals surface area contributed by atoms with Crippen molar-refractivity contribution >= 4 is 11.9 Å². The molecule has 0 saturated carbocycles. The molecular weight excluding hydrogens is 262 g/mol. The molecule has 0 aliphatic carbocycles. The van der Waals surface area contributed by atoms with Crippen LogP contribution in [0.25, 0.3) is 0 Å². The van der Waals surface area contributed by atoms with Gasteiger partial charge in [0.1, 0.15) is 11.6 Å². The molecule has 1 heterocycles. The van der Waals surface area contributed by atoms with Crippen LogP contribution in [0.15, 0.2) is 11.8 Å². The number of hydrogen-bond donors (Lipinski definition) is 1. The zero-order chi connectivity index (χ0) is 14.8. The van der Waals surface area contributed by atoms with Gasteiger partial charge in [-0.2, -0.15) is 5.26 Å². The van der Waals surface area contributed by atoms with Crippen LogP contribution in [0.4, 0.5) is 0 Å². The second kappa shape index (κ2) is 8.93. The molecule has 0 unspecified atom stereocenters. The van der Waals surface area contributed by atoms with Gasteiger partial charge in [-0.25, -0.2) is 0 Å². The first-order valence-electron chi connectivity index (χ1n) is 6.55. The van der Waals surface area contributed by atoms with Crippen LogP contribution in [0.3, 0.4) is 0 Å². The van der Waals surface area contributed by atoms with Gasteiger partial charge >= 0.3 is 5.97 Å². The van der Waals surface area contributed by atoms with Gasteiger partial charge in [-0.05, 0) is 6.92 Å². The van der Waals surface area contributed by atoms with Crippen molar-refractivity contribution < 1.29 is 19.1 Å². The van der Waals surface area contributed by atoms with Gasteiger partial charge in [0.05, 0.1) is 26.2 Å². The predicted octanol–water partition coefficient (Wildman–Crippen LogP) is -0.205. The van der Waals surface area contributed by atoms with Crippen LogP contribution in [0.5, 0.6) is 0 Å². The van der Waals surface area contributed by atoms with E-state index in [0.29, 0.717) is 39.5 Å². The normalized spacial score (nSPS) is 15.4. The zero-order valence-electron chi connectivity index (χ0n) is 11.6. The highest BCUT2D eigenvalue weighted by molar-refractivity contribution is 5.97. The summed E-state index contributed by atoms with van der Waals surface area (Å²) in [7, 11) is 0. The van der Waals surface area contributed by atoms with Gasteiger partial charge < -0.3 is 19.7 Å². The fraction of sp³-hybridized carbons (Fsp3) is 0.615. The highest BCUT2D eigenvalue weighted by Gasteiger charge is 2.20. The third kappa shape index (κ3) is 5.28. The molecule has 7 heteroatoms. The summed E-state index contributed by atoms with van der Waals surface area (Å²) in [6.45, 7) is 4.34. The molecule has 1 amide bonds. The summed E-state index contributed by atoms with van der Waals surface area (Å²) >= 11 is 0. The Kier molecular flexibility index (Phi) is 7.14. The van der Waals surface area contributed by atoms with Crippen LogP contribution in [0, 0.1) is 11.3 Å². The lowest BCUT2D eigenvalue weighted by Gasteiger charge is -2.26. The molecule has 0 bridgehead atoms. The van der Waals surface area contributed by atoms with Crippen molar-refractivity contribution in [3.63, 3.8) is 0 Å². The summed E-state index contributed by atoms with van der Waals surface area (Å²) in [6.07, 6.45) is 1.53. The number of rotatable bonds is 6. The topological polar surface area (TPSA) is 91.7 Å². The number of carbonyl (C=O) groups is 2. The molecule has 0 aromatic carbocycles. The van der Waals surface area contributed by atoms with Gasteiger partial charge in [0.25, 0.3) is 5.91 Å². The molecule has 7 nitrogen and oxygen atoms in total. The largest absolute Gasteiger partial charge is 0.466 e.